The Morgan fingerprint density at radius 1 is 1.15 bits per heavy atom. The Labute approximate surface area is 162 Å². The average Bonchev–Trinajstić information content (AvgIpc) is 2.89. The van der Waals surface area contributed by atoms with Crippen molar-refractivity contribution in [2.24, 2.45) is 0 Å². The van der Waals surface area contributed by atoms with Gasteiger partial charge in [-0.1, -0.05) is 35.4 Å². The van der Waals surface area contributed by atoms with Crippen LogP contribution in [-0.4, -0.2) is 21.4 Å². The van der Waals surface area contributed by atoms with E-state index in [-0.39, 0.29) is 5.91 Å². The van der Waals surface area contributed by atoms with Crippen LogP contribution in [-0.2, 0) is 4.79 Å². The molecule has 0 spiro atoms. The van der Waals surface area contributed by atoms with Crippen LogP contribution in [0.4, 0.5) is 5.69 Å². The fraction of sp³-hybridized carbons (Fsp3) is 0.200. The number of hydrogen-bond acceptors (Lipinski definition) is 3. The molecule has 0 aliphatic heterocycles. The number of rotatable bonds is 5. The third-order valence-electron chi connectivity index (χ3n) is 4.00. The fourth-order valence-electron chi connectivity index (χ4n) is 2.64. The third-order valence-corrected chi connectivity index (χ3v) is 5.23. The van der Waals surface area contributed by atoms with Gasteiger partial charge in [0, 0.05) is 9.92 Å². The third kappa shape index (κ3) is 4.29. The zero-order valence-corrected chi connectivity index (χ0v) is 16.5. The molecule has 0 radical (unpaired) electrons. The van der Waals surface area contributed by atoms with E-state index in [2.05, 4.69) is 10.4 Å². The van der Waals surface area contributed by atoms with Crippen LogP contribution in [0.25, 0.3) is 5.69 Å². The monoisotopic (exact) mass is 385 g/mol. The van der Waals surface area contributed by atoms with Crippen molar-refractivity contribution in [1.29, 1.82) is 0 Å². The first-order valence-electron chi connectivity index (χ1n) is 8.25. The number of aromatic nitrogens is 2. The molecule has 0 aliphatic carbocycles. The summed E-state index contributed by atoms with van der Waals surface area (Å²) in [4.78, 5) is 13.3. The molecule has 3 rings (SSSR count). The van der Waals surface area contributed by atoms with Gasteiger partial charge in [-0.3, -0.25) is 4.79 Å². The van der Waals surface area contributed by atoms with Crippen LogP contribution in [0, 0.1) is 20.8 Å². The van der Waals surface area contributed by atoms with Gasteiger partial charge in [-0.05, 0) is 51.1 Å². The molecule has 1 heterocycles. The average molecular weight is 386 g/mol. The van der Waals surface area contributed by atoms with E-state index in [4.69, 9.17) is 11.6 Å². The predicted octanol–water partition coefficient (Wildman–Crippen LogP) is 5.18. The Morgan fingerprint density at radius 3 is 2.58 bits per heavy atom. The van der Waals surface area contributed by atoms with E-state index in [1.165, 1.54) is 17.3 Å². The highest BCUT2D eigenvalue weighted by Gasteiger charge is 2.15. The number of aryl methyl sites for hydroxylation is 2. The van der Waals surface area contributed by atoms with Gasteiger partial charge in [-0.15, -0.1) is 11.8 Å². The molecular weight excluding hydrogens is 366 g/mol. The van der Waals surface area contributed by atoms with Crippen molar-refractivity contribution < 1.29 is 4.79 Å². The van der Waals surface area contributed by atoms with E-state index in [1.807, 2.05) is 74.0 Å². The minimum atomic E-state index is -0.0652. The molecule has 0 saturated carbocycles. The zero-order valence-electron chi connectivity index (χ0n) is 14.9. The summed E-state index contributed by atoms with van der Waals surface area (Å²) in [5.41, 5.74) is 4.64. The van der Waals surface area contributed by atoms with Crippen LogP contribution in [0.2, 0.25) is 5.02 Å². The minimum absolute atomic E-state index is 0.0652. The van der Waals surface area contributed by atoms with Crippen molar-refractivity contribution in [1.82, 2.24) is 9.78 Å². The second-order valence-corrected chi connectivity index (χ2v) is 7.57. The second kappa shape index (κ2) is 7.98. The highest BCUT2D eigenvalue weighted by Crippen LogP contribution is 2.25. The summed E-state index contributed by atoms with van der Waals surface area (Å²) >= 11 is 7.43. The maximum Gasteiger partial charge on any atom is 0.234 e. The number of amides is 1. The lowest BCUT2D eigenvalue weighted by atomic mass is 10.2. The summed E-state index contributed by atoms with van der Waals surface area (Å²) in [7, 11) is 0. The maximum absolute atomic E-state index is 12.4. The molecule has 0 bridgehead atoms. The lowest BCUT2D eigenvalue weighted by Crippen LogP contribution is -2.15. The lowest BCUT2D eigenvalue weighted by Gasteiger charge is -2.07. The molecule has 3 aromatic rings. The standard InChI is InChI=1S/C20H20ClN3OS/c1-13-7-9-17(10-8-13)24-15(3)20(14(2)23-24)22-19(25)12-26-18-6-4-5-16(21)11-18/h4-11H,12H2,1-3H3,(H,22,25). The van der Waals surface area contributed by atoms with Crippen molar-refractivity contribution in [2.45, 2.75) is 25.7 Å². The molecule has 1 amide bonds. The van der Waals surface area contributed by atoms with E-state index in [0.717, 1.165) is 27.7 Å². The number of nitrogens with one attached hydrogen (secondary N) is 1. The van der Waals surface area contributed by atoms with Crippen molar-refractivity contribution in [3.63, 3.8) is 0 Å². The largest absolute Gasteiger partial charge is 0.322 e. The molecule has 0 saturated heterocycles. The number of anilines is 1. The molecule has 0 atom stereocenters. The maximum atomic E-state index is 12.4. The molecule has 0 fully saturated rings. The molecule has 26 heavy (non-hydrogen) atoms. The first-order chi connectivity index (χ1) is 12.4. The first kappa shape index (κ1) is 18.5. The van der Waals surface area contributed by atoms with E-state index in [1.54, 1.807) is 0 Å². The Morgan fingerprint density at radius 2 is 1.88 bits per heavy atom. The number of thioether (sulfide) groups is 1. The van der Waals surface area contributed by atoms with Crippen molar-refractivity contribution in [3.8, 4) is 5.69 Å². The smallest absolute Gasteiger partial charge is 0.234 e. The lowest BCUT2D eigenvalue weighted by molar-refractivity contribution is -0.113. The second-order valence-electron chi connectivity index (χ2n) is 6.09. The number of nitrogens with zero attached hydrogens (tertiary/aromatic N) is 2. The number of carbonyl (C=O) groups excluding carboxylic acids is 1. The number of benzene rings is 2. The Kier molecular flexibility index (Phi) is 5.69. The molecule has 1 aromatic heterocycles. The number of hydrogen-bond donors (Lipinski definition) is 1. The molecule has 4 nitrogen and oxygen atoms in total. The van der Waals surface area contributed by atoms with Crippen LogP contribution >= 0.6 is 23.4 Å². The van der Waals surface area contributed by atoms with Crippen LogP contribution in [0.3, 0.4) is 0 Å². The van der Waals surface area contributed by atoms with E-state index in [9.17, 15) is 4.79 Å². The van der Waals surface area contributed by atoms with E-state index >= 15 is 0 Å². The SMILES string of the molecule is Cc1ccc(-n2nc(C)c(NC(=O)CSc3cccc(Cl)c3)c2C)cc1. The van der Waals surface area contributed by atoms with Gasteiger partial charge in [0.15, 0.2) is 0 Å². The van der Waals surface area contributed by atoms with Crippen LogP contribution in [0.1, 0.15) is 17.0 Å². The van der Waals surface area contributed by atoms with Gasteiger partial charge in [-0.2, -0.15) is 5.10 Å². The Balaban J connectivity index is 1.71. The van der Waals surface area contributed by atoms with Gasteiger partial charge >= 0.3 is 0 Å². The molecule has 2 aromatic carbocycles. The van der Waals surface area contributed by atoms with Gasteiger partial charge in [-0.25, -0.2) is 4.68 Å². The van der Waals surface area contributed by atoms with E-state index in [0.29, 0.717) is 10.8 Å². The molecule has 0 aliphatic rings. The van der Waals surface area contributed by atoms with Gasteiger partial charge in [0.05, 0.1) is 28.5 Å². The highest BCUT2D eigenvalue weighted by molar-refractivity contribution is 8.00. The Bertz CT molecular complexity index is 935. The molecule has 6 heteroatoms. The van der Waals surface area contributed by atoms with Gasteiger partial charge < -0.3 is 5.32 Å². The van der Waals surface area contributed by atoms with Gasteiger partial charge in [0.25, 0.3) is 0 Å². The summed E-state index contributed by atoms with van der Waals surface area (Å²) < 4.78 is 1.86. The summed E-state index contributed by atoms with van der Waals surface area (Å²) in [6, 6.07) is 15.6. The summed E-state index contributed by atoms with van der Waals surface area (Å²) in [5, 5.41) is 8.23. The molecular formula is C20H20ClN3OS. The molecule has 0 unspecified atom stereocenters. The van der Waals surface area contributed by atoms with Gasteiger partial charge in [0.1, 0.15) is 0 Å². The summed E-state index contributed by atoms with van der Waals surface area (Å²) in [5.74, 6) is 0.249. The summed E-state index contributed by atoms with van der Waals surface area (Å²) in [6.07, 6.45) is 0. The number of halogens is 1. The highest BCUT2D eigenvalue weighted by atomic mass is 35.5. The Hall–Kier alpha value is -2.24. The number of carbonyl (C=O) groups is 1. The van der Waals surface area contributed by atoms with Crippen molar-refractivity contribution in [2.75, 3.05) is 11.1 Å². The van der Waals surface area contributed by atoms with Crippen molar-refractivity contribution in [3.05, 3.63) is 70.5 Å². The zero-order chi connectivity index (χ0) is 18.7. The topological polar surface area (TPSA) is 46.9 Å². The minimum Gasteiger partial charge on any atom is -0.322 e. The van der Waals surface area contributed by atoms with Crippen LogP contribution in [0.5, 0.6) is 0 Å². The quantitative estimate of drug-likeness (QED) is 0.615. The van der Waals surface area contributed by atoms with E-state index < -0.39 is 0 Å². The fourth-order valence-corrected chi connectivity index (χ4v) is 3.65. The summed E-state index contributed by atoms with van der Waals surface area (Å²) in [6.45, 7) is 5.91. The normalized spacial score (nSPS) is 10.8. The van der Waals surface area contributed by atoms with Crippen LogP contribution < -0.4 is 5.32 Å². The predicted molar refractivity (Wildman–Crippen MR) is 109 cm³/mol. The van der Waals surface area contributed by atoms with Crippen LogP contribution in [0.15, 0.2) is 53.4 Å². The first-order valence-corrected chi connectivity index (χ1v) is 9.62. The molecule has 134 valence electrons. The molecule has 1 N–H and O–H groups in total. The van der Waals surface area contributed by atoms with Crippen molar-refractivity contribution >= 4 is 35.0 Å². The van der Waals surface area contributed by atoms with Gasteiger partial charge in [0.2, 0.25) is 5.91 Å².